The van der Waals surface area contributed by atoms with E-state index in [4.69, 9.17) is 9.97 Å². The first-order valence-corrected chi connectivity index (χ1v) is 20.8. The molecule has 5 heteroatoms. The zero-order chi connectivity index (χ0) is 38.6. The highest BCUT2D eigenvalue weighted by molar-refractivity contribution is 7.25. The second-order valence-electron chi connectivity index (χ2n) is 15.3. The van der Waals surface area contributed by atoms with E-state index < -0.39 is 0 Å². The van der Waals surface area contributed by atoms with Crippen molar-refractivity contribution < 1.29 is 0 Å². The van der Waals surface area contributed by atoms with E-state index in [1.807, 2.05) is 11.3 Å². The van der Waals surface area contributed by atoms with Crippen LogP contribution in [0.2, 0.25) is 0 Å². The standard InChI is InChI=1S/C54H32N4S/c1-2-14-35(15-3-1)57-47-23-11-7-17-37(47)39-28-26-33(31-49(39)57)43-32-45-38-18-8-12-24-48(38)58(53(45)41-20-5-4-16-36(41)43)54-55-46-22-10-6-21-42(46)52(56-54)34-27-29-51-44(30-34)40-19-9-13-25-50(40)59-51/h1-32H. The Hall–Kier alpha value is -7.60. The van der Waals surface area contributed by atoms with Gasteiger partial charge in [0.2, 0.25) is 5.95 Å². The molecular weight excluding hydrogens is 737 g/mol. The fraction of sp³-hybridized carbons (Fsp3) is 0. The summed E-state index contributed by atoms with van der Waals surface area (Å²) in [6.07, 6.45) is 0. The third-order valence-corrected chi connectivity index (χ3v) is 13.3. The van der Waals surface area contributed by atoms with Crippen molar-refractivity contribution in [2.45, 2.75) is 0 Å². The zero-order valence-corrected chi connectivity index (χ0v) is 32.5. The SMILES string of the molecule is c1ccc(-n2c3ccccc3c3ccc(-c4cc5c6ccccc6n(-c6nc(-c7ccc8sc9ccccc9c8c7)c7ccccc7n6)c5c5ccccc45)cc32)cc1. The largest absolute Gasteiger partial charge is 0.309 e. The number of para-hydroxylation sites is 4. The lowest BCUT2D eigenvalue weighted by molar-refractivity contribution is 1.02. The monoisotopic (exact) mass is 768 g/mol. The van der Waals surface area contributed by atoms with E-state index in [0.29, 0.717) is 5.95 Å². The summed E-state index contributed by atoms with van der Waals surface area (Å²) in [7, 11) is 0. The number of aromatic nitrogens is 4. The first kappa shape index (κ1) is 32.5. The number of fused-ring (bicyclic) bond motifs is 12. The van der Waals surface area contributed by atoms with Crippen molar-refractivity contribution in [2.24, 2.45) is 0 Å². The summed E-state index contributed by atoms with van der Waals surface area (Å²) in [5.41, 5.74) is 11.0. The third kappa shape index (κ3) is 4.77. The summed E-state index contributed by atoms with van der Waals surface area (Å²) in [6, 6.07) is 70.2. The van der Waals surface area contributed by atoms with Gasteiger partial charge in [0.15, 0.2) is 0 Å². The van der Waals surface area contributed by atoms with Crippen LogP contribution >= 0.6 is 11.3 Å². The van der Waals surface area contributed by atoms with E-state index >= 15 is 0 Å². The van der Waals surface area contributed by atoms with Crippen molar-refractivity contribution in [3.63, 3.8) is 0 Å². The van der Waals surface area contributed by atoms with E-state index in [1.54, 1.807) is 0 Å². The molecule has 0 fully saturated rings. The summed E-state index contributed by atoms with van der Waals surface area (Å²) in [5, 5.41) is 10.7. The normalized spacial score (nSPS) is 12.1. The Morgan fingerprint density at radius 3 is 1.80 bits per heavy atom. The van der Waals surface area contributed by atoms with E-state index in [-0.39, 0.29) is 0 Å². The van der Waals surface area contributed by atoms with Crippen LogP contribution in [0.25, 0.3) is 119 Å². The van der Waals surface area contributed by atoms with Crippen molar-refractivity contribution in [3.8, 4) is 34.0 Å². The number of hydrogen-bond acceptors (Lipinski definition) is 3. The maximum atomic E-state index is 5.52. The number of rotatable bonds is 4. The highest BCUT2D eigenvalue weighted by Crippen LogP contribution is 2.44. The molecule has 0 amide bonds. The van der Waals surface area contributed by atoms with Gasteiger partial charge in [0.1, 0.15) is 0 Å². The average Bonchev–Trinajstić information content (AvgIpc) is 3.96. The minimum absolute atomic E-state index is 0.659. The zero-order valence-electron chi connectivity index (χ0n) is 31.7. The molecule has 13 rings (SSSR count). The van der Waals surface area contributed by atoms with Crippen LogP contribution in [-0.2, 0) is 0 Å². The van der Waals surface area contributed by atoms with Crippen LogP contribution in [0.4, 0.5) is 0 Å². The molecule has 0 radical (unpaired) electrons. The maximum Gasteiger partial charge on any atom is 0.235 e. The molecule has 13 aromatic rings. The lowest BCUT2D eigenvalue weighted by Gasteiger charge is -2.14. The molecule has 0 N–H and O–H groups in total. The van der Waals surface area contributed by atoms with Gasteiger partial charge < -0.3 is 4.57 Å². The topological polar surface area (TPSA) is 35.6 Å². The maximum absolute atomic E-state index is 5.52. The summed E-state index contributed by atoms with van der Waals surface area (Å²) in [6.45, 7) is 0. The van der Waals surface area contributed by atoms with Crippen LogP contribution in [0.1, 0.15) is 0 Å². The molecule has 4 heterocycles. The third-order valence-electron chi connectivity index (χ3n) is 12.1. The van der Waals surface area contributed by atoms with Gasteiger partial charge in [-0.25, -0.2) is 9.97 Å². The van der Waals surface area contributed by atoms with Gasteiger partial charge in [0.25, 0.3) is 0 Å². The van der Waals surface area contributed by atoms with Crippen molar-refractivity contribution in [3.05, 3.63) is 194 Å². The molecule has 0 aliphatic carbocycles. The summed E-state index contributed by atoms with van der Waals surface area (Å²) in [4.78, 5) is 10.9. The fourth-order valence-corrected chi connectivity index (χ4v) is 10.6. The number of nitrogens with zero attached hydrogens (tertiary/aromatic N) is 4. The Balaban J connectivity index is 1.08. The molecule has 0 atom stereocenters. The van der Waals surface area contributed by atoms with Gasteiger partial charge >= 0.3 is 0 Å². The Bertz CT molecular complexity index is 3850. The number of benzene rings is 9. The molecule has 0 saturated heterocycles. The minimum Gasteiger partial charge on any atom is -0.309 e. The summed E-state index contributed by atoms with van der Waals surface area (Å²) >= 11 is 1.84. The molecule has 59 heavy (non-hydrogen) atoms. The first-order valence-electron chi connectivity index (χ1n) is 20.0. The second kappa shape index (κ2) is 12.4. The van der Waals surface area contributed by atoms with Crippen molar-refractivity contribution in [1.82, 2.24) is 19.1 Å². The Labute approximate surface area is 342 Å². The van der Waals surface area contributed by atoms with Gasteiger partial charge in [0.05, 0.1) is 33.3 Å². The molecule has 4 nitrogen and oxygen atoms in total. The van der Waals surface area contributed by atoms with Gasteiger partial charge in [0, 0.05) is 63.7 Å². The predicted octanol–water partition coefficient (Wildman–Crippen LogP) is 14.7. The Morgan fingerprint density at radius 2 is 0.966 bits per heavy atom. The van der Waals surface area contributed by atoms with E-state index in [1.165, 1.54) is 69.3 Å². The first-order chi connectivity index (χ1) is 29.3. The molecular formula is C54H32N4S. The molecule has 4 aromatic heterocycles. The Kier molecular flexibility index (Phi) is 6.85. The van der Waals surface area contributed by atoms with Crippen molar-refractivity contribution >= 4 is 96.8 Å². The van der Waals surface area contributed by atoms with E-state index in [9.17, 15) is 0 Å². The van der Waals surface area contributed by atoms with Crippen molar-refractivity contribution in [2.75, 3.05) is 0 Å². The molecule has 0 saturated carbocycles. The smallest absolute Gasteiger partial charge is 0.235 e. The highest BCUT2D eigenvalue weighted by Gasteiger charge is 2.22. The summed E-state index contributed by atoms with van der Waals surface area (Å²) < 4.78 is 7.26. The van der Waals surface area contributed by atoms with Gasteiger partial charge in [-0.3, -0.25) is 4.57 Å². The van der Waals surface area contributed by atoms with Crippen LogP contribution in [0.15, 0.2) is 194 Å². The molecule has 274 valence electrons. The molecule has 0 bridgehead atoms. The summed E-state index contributed by atoms with van der Waals surface area (Å²) in [5.74, 6) is 0.659. The molecule has 0 unspecified atom stereocenters. The predicted molar refractivity (Wildman–Crippen MR) is 249 cm³/mol. The van der Waals surface area contributed by atoms with Gasteiger partial charge in [-0.05, 0) is 77.2 Å². The lowest BCUT2D eigenvalue weighted by Crippen LogP contribution is -2.04. The molecule has 0 aliphatic rings. The van der Waals surface area contributed by atoms with Crippen LogP contribution in [-0.4, -0.2) is 19.1 Å². The van der Waals surface area contributed by atoms with Crippen LogP contribution in [0.5, 0.6) is 0 Å². The number of hydrogen-bond donors (Lipinski definition) is 0. The van der Waals surface area contributed by atoms with Gasteiger partial charge in [-0.15, -0.1) is 11.3 Å². The van der Waals surface area contributed by atoms with Gasteiger partial charge in [-0.1, -0.05) is 133 Å². The van der Waals surface area contributed by atoms with Crippen LogP contribution in [0, 0.1) is 0 Å². The van der Waals surface area contributed by atoms with E-state index in [2.05, 4.69) is 203 Å². The highest BCUT2D eigenvalue weighted by atomic mass is 32.1. The van der Waals surface area contributed by atoms with Crippen LogP contribution < -0.4 is 0 Å². The average molecular weight is 769 g/mol. The molecule has 9 aromatic carbocycles. The quantitative estimate of drug-likeness (QED) is 0.179. The van der Waals surface area contributed by atoms with Gasteiger partial charge in [-0.2, -0.15) is 0 Å². The van der Waals surface area contributed by atoms with Crippen LogP contribution in [0.3, 0.4) is 0 Å². The van der Waals surface area contributed by atoms with Crippen molar-refractivity contribution in [1.29, 1.82) is 0 Å². The minimum atomic E-state index is 0.659. The molecule has 0 aliphatic heterocycles. The number of thiophene rings is 1. The van der Waals surface area contributed by atoms with E-state index in [0.717, 1.165) is 44.3 Å². The lowest BCUT2D eigenvalue weighted by atomic mass is 9.94. The fourth-order valence-electron chi connectivity index (χ4n) is 9.52. The Morgan fingerprint density at radius 1 is 0.356 bits per heavy atom. The second-order valence-corrected chi connectivity index (χ2v) is 16.4. The molecule has 0 spiro atoms.